The van der Waals surface area contributed by atoms with Crippen LogP contribution in [0.4, 0.5) is 17.5 Å². The Morgan fingerprint density at radius 3 is 1.34 bits per heavy atom. The molecular formula is C73H71B2Br10N22O13S4. The van der Waals surface area contributed by atoms with E-state index in [4.69, 9.17) is 56.5 Å². The van der Waals surface area contributed by atoms with Gasteiger partial charge in [0.1, 0.15) is 49.5 Å². The monoisotopic (exact) mass is 2400 g/mol. The molecule has 51 heteroatoms. The second-order valence-electron chi connectivity index (χ2n) is 24.2. The van der Waals surface area contributed by atoms with Crippen molar-refractivity contribution in [2.45, 2.75) is 54.5 Å². The van der Waals surface area contributed by atoms with E-state index in [1.807, 2.05) is 56.2 Å². The molecule has 0 amide bonds. The first-order valence-corrected chi connectivity index (χ1v) is 48.2. The first-order valence-electron chi connectivity index (χ1n) is 34.9. The van der Waals surface area contributed by atoms with Crippen molar-refractivity contribution in [2.75, 3.05) is 34.9 Å². The zero-order valence-corrected chi connectivity index (χ0v) is 83.4. The van der Waals surface area contributed by atoms with Crippen molar-refractivity contribution in [3.05, 3.63) is 266 Å². The summed E-state index contributed by atoms with van der Waals surface area (Å²) in [5, 5.41) is 67.7. The van der Waals surface area contributed by atoms with Crippen LogP contribution in [-0.4, -0.2) is 158 Å². The molecule has 0 bridgehead atoms. The van der Waals surface area contributed by atoms with E-state index in [9.17, 15) is 35.5 Å². The molecule has 35 nitrogen and oxygen atoms in total. The quantitative estimate of drug-likeness (QED) is 0.0164. The number of ether oxygens (including phenoxy) is 2. The SMILES string of the molecule is Brc1cn2c(Br)cnc2c(Br)n1.Brc1cn2ccnc2c(Br)n1.CCOC(CBr)OCC.NCc1ccc(S(N)(=O)=O)cc1.NS(=O)(=O)c1ccc(CNc2nc(-c3ccc(O)cc3)cn3c(-c4ccc(O)cc4)cnc23)cc1.NS(=O)(=O)c1ccc(CNc2nc(Br)cn3c(Br)cnc23)cc1.Nc1ncc(Br)nc1Br.OB(O)c1ccc(O)cc1.[B]=NS. The Balaban J connectivity index is 0.000000206. The van der Waals surface area contributed by atoms with E-state index in [1.54, 1.807) is 122 Å². The van der Waals surface area contributed by atoms with Crippen molar-refractivity contribution in [1.29, 1.82) is 0 Å². The second kappa shape index (κ2) is 50.1. The van der Waals surface area contributed by atoms with Crippen molar-refractivity contribution in [1.82, 2.24) is 67.4 Å². The molecule has 0 saturated carbocycles. The van der Waals surface area contributed by atoms with Crippen molar-refractivity contribution in [3.8, 4) is 39.8 Å². The van der Waals surface area contributed by atoms with Gasteiger partial charge >= 0.3 is 31.9 Å². The van der Waals surface area contributed by atoms with Gasteiger partial charge in [-0.3, -0.25) is 13.2 Å². The van der Waals surface area contributed by atoms with Gasteiger partial charge in [0.05, 0.1) is 56.2 Å². The number of nitrogens with two attached hydrogens (primary N) is 5. The number of nitrogen functional groups attached to an aromatic ring is 1. The molecule has 0 aliphatic rings. The van der Waals surface area contributed by atoms with E-state index in [2.05, 4.69) is 240 Å². The molecule has 15 rings (SSSR count). The van der Waals surface area contributed by atoms with Crippen LogP contribution >= 0.6 is 172 Å². The number of anilines is 3. The first-order chi connectivity index (χ1) is 58.8. The first kappa shape index (κ1) is 103. The van der Waals surface area contributed by atoms with Gasteiger partial charge in [0.25, 0.3) is 0 Å². The van der Waals surface area contributed by atoms with Crippen molar-refractivity contribution in [3.63, 3.8) is 0 Å². The normalized spacial score (nSPS) is 10.9. The van der Waals surface area contributed by atoms with E-state index >= 15 is 0 Å². The zero-order chi connectivity index (χ0) is 91.2. The van der Waals surface area contributed by atoms with E-state index in [0.29, 0.717) is 86.6 Å². The topological polar surface area (TPSA) is 535 Å². The molecule has 0 aliphatic carbocycles. The third kappa shape index (κ3) is 32.5. The fraction of sp³-hybridized carbons (Fsp3) is 0.123. The van der Waals surface area contributed by atoms with Crippen LogP contribution in [0.3, 0.4) is 0 Å². The number of alkyl halides is 1. The Morgan fingerprint density at radius 2 is 0.895 bits per heavy atom. The van der Waals surface area contributed by atoms with Gasteiger partial charge in [0.15, 0.2) is 55.5 Å². The molecule has 17 N–H and O–H groups in total. The summed E-state index contributed by atoms with van der Waals surface area (Å²) in [6.07, 6.45) is 17.6. The van der Waals surface area contributed by atoms with Gasteiger partial charge in [-0.2, -0.15) is 0 Å². The Bertz CT molecular complexity index is 6380. The van der Waals surface area contributed by atoms with Gasteiger partial charge in [-0.25, -0.2) is 90.5 Å². The number of aromatic nitrogens is 14. The third-order valence-corrected chi connectivity index (χ3v) is 23.2. The minimum atomic E-state index is -3.76. The molecule has 0 unspecified atom stereocenters. The van der Waals surface area contributed by atoms with Gasteiger partial charge in [0, 0.05) is 81.2 Å². The Labute approximate surface area is 801 Å². The number of hydrogen-bond donors (Lipinski definition) is 13. The fourth-order valence-corrected chi connectivity index (χ4v) is 15.9. The number of halogens is 10. The molecular weight excluding hydrogens is 2340 g/mol. The molecule has 1 radical (unpaired) electrons. The van der Waals surface area contributed by atoms with Crippen LogP contribution < -0.4 is 43.0 Å². The number of nitrogens with one attached hydrogen (secondary N) is 2. The van der Waals surface area contributed by atoms with Crippen molar-refractivity contribution < 1.29 is 60.1 Å². The number of phenolic OH excluding ortho intramolecular Hbond substituents is 3. The number of rotatable bonds is 18. The van der Waals surface area contributed by atoms with Gasteiger partial charge in [0.2, 0.25) is 30.1 Å². The molecule has 9 heterocycles. The second-order valence-corrected chi connectivity index (χ2v) is 36.8. The standard InChI is InChI=1S/C25H21N5O4S.C13H11Br2N5O2S.C7H10N2O2S.C6H7BO3.C6H2Br3N3.C6H3Br2N3.C6H13BrO2.C4H3Br2N3.BHNS/c26-35(33,34)21-11-1-16(2-12-21)13-27-24-25-28-14-23(18-5-9-20(32)10-6-18)30(25)15-22(29-24)17-3-7-19(31)8-4-17;14-10-7-20-11(15)6-18-13(20)12(19-10)17-5-8-1-3-9(4-2-8)23(16,21)22;8-5-6-1-3-7(4-2-6)12(9,10)11;8-6-3-1-5(2-4-6)7(9)10;7-3-2-12-4(8)1-10-6(12)5(9)11-3;7-4-3-11-2-1-9-6(11)5(8)10-4;1-3-8-6(5-7)9-4-2;5-2-1-8-4(7)3(6)9-2;1-2-3/h1-12,14-15,31-32H,13H2,(H,27,29)(H2,26,33,34);1-4,6-7H,5H2,(H,17,19)(H2,16,21,22);1-4H,5,8H2,(H2,9,10,11);1-4,8-10H;1-2H;1-3H;6H,3-5H2,1-2H3;1H,(H2,7,8);3H. The summed E-state index contributed by atoms with van der Waals surface area (Å²) in [4.78, 5) is 42.5. The fourth-order valence-electron chi connectivity index (χ4n) is 9.82. The van der Waals surface area contributed by atoms with Crippen molar-refractivity contribution in [2.24, 2.45) is 25.5 Å². The predicted octanol–water partition coefficient (Wildman–Crippen LogP) is 13.9. The molecule has 0 fully saturated rings. The third-order valence-electron chi connectivity index (χ3n) is 15.6. The van der Waals surface area contributed by atoms with Crippen molar-refractivity contribution >= 4 is 262 Å². The average molecular weight is 2410 g/mol. The minimum absolute atomic E-state index is 0.0443. The maximum absolute atomic E-state index is 11.5. The number of imidazole rings is 4. The number of thiol groups is 1. The Morgan fingerprint density at radius 1 is 0.492 bits per heavy atom. The maximum atomic E-state index is 11.5. The van der Waals surface area contributed by atoms with Gasteiger partial charge in [-0.15, -0.1) is 0 Å². The number of aromatic hydroxyl groups is 3. The number of fused-ring (bicyclic) bond motifs is 4. The molecule has 15 aromatic rings. The number of nitrogens with zero attached hydrogens (tertiary/aromatic N) is 15. The van der Waals surface area contributed by atoms with Gasteiger partial charge in [-0.05, 0) is 276 Å². The summed E-state index contributed by atoms with van der Waals surface area (Å²) in [5.74, 6) is 1.98. The van der Waals surface area contributed by atoms with Gasteiger partial charge < -0.3 is 61.3 Å². The average Bonchev–Trinajstić information content (AvgIpc) is 1.03. The summed E-state index contributed by atoms with van der Waals surface area (Å²) < 4.78 is 94.3. The number of primary sulfonamides is 3. The summed E-state index contributed by atoms with van der Waals surface area (Å²) in [6.45, 7) is 6.54. The van der Waals surface area contributed by atoms with Crippen LogP contribution in [0.1, 0.15) is 30.5 Å². The van der Waals surface area contributed by atoms with Crippen LogP contribution in [0.25, 0.3) is 45.1 Å². The zero-order valence-electron chi connectivity index (χ0n) is 64.2. The molecule has 124 heavy (non-hydrogen) atoms. The summed E-state index contributed by atoms with van der Waals surface area (Å²) in [5.41, 5.74) is 19.7. The van der Waals surface area contributed by atoms with Crippen LogP contribution in [0.2, 0.25) is 0 Å². The molecule has 0 aliphatic heterocycles. The van der Waals surface area contributed by atoms with Crippen LogP contribution in [-0.2, 0) is 59.2 Å². The van der Waals surface area contributed by atoms with Gasteiger partial charge in [-0.1, -0.05) is 64.5 Å². The molecule has 651 valence electrons. The van der Waals surface area contributed by atoms with Crippen LogP contribution in [0.15, 0.2) is 268 Å². The summed E-state index contributed by atoms with van der Waals surface area (Å²) in [6, 6.07) is 38.0. The van der Waals surface area contributed by atoms with E-state index in [1.165, 1.54) is 60.7 Å². The van der Waals surface area contributed by atoms with Crippen LogP contribution in [0.5, 0.6) is 17.2 Å². The molecule has 0 saturated heterocycles. The predicted molar refractivity (Wildman–Crippen MR) is 514 cm³/mol. The summed E-state index contributed by atoms with van der Waals surface area (Å²) in [7, 11) is -8.13. The number of sulfonamides is 3. The molecule has 0 spiro atoms. The Kier molecular flexibility index (Phi) is 41.8. The Hall–Kier alpha value is -7.71. The van der Waals surface area contributed by atoms with E-state index in [0.717, 1.165) is 77.8 Å². The number of benzene rings is 6. The molecule has 6 aromatic carbocycles. The summed E-state index contributed by atoms with van der Waals surface area (Å²) >= 11 is 36.0. The molecule has 0 atom stereocenters. The van der Waals surface area contributed by atoms with E-state index in [-0.39, 0.29) is 38.2 Å². The molecule has 9 aromatic heterocycles. The number of phenols is 3. The van der Waals surface area contributed by atoms with Crippen LogP contribution in [0, 0.1) is 0 Å². The number of hydrogen-bond acceptors (Lipinski definition) is 29. The van der Waals surface area contributed by atoms with E-state index < -0.39 is 37.2 Å².